The van der Waals surface area contributed by atoms with E-state index in [9.17, 15) is 14.9 Å². The lowest BCUT2D eigenvalue weighted by atomic mass is 9.84. The first-order valence-electron chi connectivity index (χ1n) is 12.3. The number of hydrogen-bond donors (Lipinski definition) is 1. The molecule has 3 aliphatic rings. The number of hydrogen-bond acceptors (Lipinski definition) is 5. The molecule has 1 aliphatic carbocycles. The Balaban J connectivity index is 1.27. The van der Waals surface area contributed by atoms with Gasteiger partial charge in [-0.1, -0.05) is 48.5 Å². The van der Waals surface area contributed by atoms with Gasteiger partial charge in [0, 0.05) is 30.8 Å². The van der Waals surface area contributed by atoms with E-state index in [1.165, 1.54) is 22.3 Å². The molecule has 7 heteroatoms. The minimum Gasteiger partial charge on any atom is -0.448 e. The van der Waals surface area contributed by atoms with E-state index in [1.54, 1.807) is 25.7 Å². The number of amides is 2. The zero-order valence-electron chi connectivity index (χ0n) is 20.4. The molecule has 2 fully saturated rings. The second kappa shape index (κ2) is 8.60. The SMILES string of the molecule is CC(C)(C)OC(=O)NC1(C#N)CC2CCC(C1)N2C(=O)OCC1c2ccccc2-c2ccccc21. The highest BCUT2D eigenvalue weighted by Crippen LogP contribution is 2.45. The molecule has 182 valence electrons. The Morgan fingerprint density at radius 1 is 1.03 bits per heavy atom. The molecule has 7 nitrogen and oxygen atoms in total. The van der Waals surface area contributed by atoms with Crippen LogP contribution in [0.15, 0.2) is 48.5 Å². The van der Waals surface area contributed by atoms with Crippen LogP contribution in [0.4, 0.5) is 9.59 Å². The Morgan fingerprint density at radius 3 is 2.09 bits per heavy atom. The average molecular weight is 474 g/mol. The fraction of sp³-hybridized carbons (Fsp3) is 0.464. The zero-order chi connectivity index (χ0) is 24.8. The predicted octanol–water partition coefficient (Wildman–Crippen LogP) is 5.35. The summed E-state index contributed by atoms with van der Waals surface area (Å²) < 4.78 is 11.3. The van der Waals surface area contributed by atoms with Gasteiger partial charge in [0.25, 0.3) is 0 Å². The molecule has 5 rings (SSSR count). The maximum absolute atomic E-state index is 13.3. The van der Waals surface area contributed by atoms with Crippen molar-refractivity contribution in [1.29, 1.82) is 5.26 Å². The Labute approximate surface area is 206 Å². The van der Waals surface area contributed by atoms with Gasteiger partial charge in [-0.15, -0.1) is 0 Å². The largest absolute Gasteiger partial charge is 0.448 e. The lowest BCUT2D eigenvalue weighted by Gasteiger charge is -2.42. The van der Waals surface area contributed by atoms with Gasteiger partial charge < -0.3 is 19.7 Å². The highest BCUT2D eigenvalue weighted by molar-refractivity contribution is 5.79. The lowest BCUT2D eigenvalue weighted by molar-refractivity contribution is 0.0329. The first-order valence-corrected chi connectivity index (χ1v) is 12.3. The number of piperidine rings is 1. The van der Waals surface area contributed by atoms with Gasteiger partial charge in [0.15, 0.2) is 0 Å². The first-order chi connectivity index (χ1) is 16.7. The van der Waals surface area contributed by atoms with E-state index < -0.39 is 17.2 Å². The Kier molecular flexibility index (Phi) is 5.71. The summed E-state index contributed by atoms with van der Waals surface area (Å²) in [5, 5.41) is 12.8. The van der Waals surface area contributed by atoms with Gasteiger partial charge in [-0.25, -0.2) is 9.59 Å². The number of nitriles is 1. The molecule has 0 radical (unpaired) electrons. The van der Waals surface area contributed by atoms with E-state index in [0.717, 1.165) is 12.8 Å². The molecule has 0 saturated carbocycles. The normalized spacial score (nSPS) is 24.8. The number of fused-ring (bicyclic) bond motifs is 5. The van der Waals surface area contributed by atoms with E-state index in [-0.39, 0.29) is 30.7 Å². The summed E-state index contributed by atoms with van der Waals surface area (Å²) in [6.45, 7) is 5.63. The maximum atomic E-state index is 13.3. The van der Waals surface area contributed by atoms with Gasteiger partial charge in [-0.2, -0.15) is 5.26 Å². The molecular formula is C28H31N3O4. The van der Waals surface area contributed by atoms with Crippen LogP contribution in [0, 0.1) is 11.3 Å². The summed E-state index contributed by atoms with van der Waals surface area (Å²) in [5.74, 6) is 0.000767. The van der Waals surface area contributed by atoms with Crippen molar-refractivity contribution < 1.29 is 19.1 Å². The van der Waals surface area contributed by atoms with Crippen LogP contribution in [0.1, 0.15) is 63.5 Å². The number of nitrogens with zero attached hydrogens (tertiary/aromatic N) is 2. The van der Waals surface area contributed by atoms with Crippen LogP contribution >= 0.6 is 0 Å². The number of ether oxygens (including phenoxy) is 2. The molecule has 2 bridgehead atoms. The van der Waals surface area contributed by atoms with Crippen molar-refractivity contribution in [3.63, 3.8) is 0 Å². The molecule has 2 unspecified atom stereocenters. The van der Waals surface area contributed by atoms with E-state index >= 15 is 0 Å². The van der Waals surface area contributed by atoms with Crippen molar-refractivity contribution in [2.45, 2.75) is 75.6 Å². The fourth-order valence-corrected chi connectivity index (χ4v) is 5.94. The summed E-state index contributed by atoms with van der Waals surface area (Å²) >= 11 is 0. The van der Waals surface area contributed by atoms with Crippen LogP contribution in [0.3, 0.4) is 0 Å². The van der Waals surface area contributed by atoms with Gasteiger partial charge in [-0.05, 0) is 55.9 Å². The molecule has 0 spiro atoms. The Hall–Kier alpha value is -3.53. The van der Waals surface area contributed by atoms with Crippen LogP contribution in [-0.4, -0.2) is 46.9 Å². The van der Waals surface area contributed by atoms with Crippen molar-refractivity contribution in [1.82, 2.24) is 10.2 Å². The van der Waals surface area contributed by atoms with E-state index in [4.69, 9.17) is 9.47 Å². The van der Waals surface area contributed by atoms with Crippen molar-refractivity contribution in [2.75, 3.05) is 6.61 Å². The van der Waals surface area contributed by atoms with Gasteiger partial charge in [-0.3, -0.25) is 0 Å². The number of carbonyl (C=O) groups is 2. The van der Waals surface area contributed by atoms with Crippen LogP contribution in [0.25, 0.3) is 11.1 Å². The third-order valence-electron chi connectivity index (χ3n) is 7.29. The molecule has 2 aromatic carbocycles. The molecule has 1 N–H and O–H groups in total. The molecule has 35 heavy (non-hydrogen) atoms. The molecular weight excluding hydrogens is 442 g/mol. The number of alkyl carbamates (subject to hydrolysis) is 1. The number of rotatable bonds is 3. The topological polar surface area (TPSA) is 91.7 Å². The summed E-state index contributed by atoms with van der Waals surface area (Å²) in [4.78, 5) is 27.4. The maximum Gasteiger partial charge on any atom is 0.410 e. The van der Waals surface area contributed by atoms with Gasteiger partial charge in [0.05, 0.1) is 6.07 Å². The van der Waals surface area contributed by atoms with E-state index in [0.29, 0.717) is 12.8 Å². The molecule has 2 amide bonds. The monoisotopic (exact) mass is 473 g/mol. The second-order valence-corrected chi connectivity index (χ2v) is 10.8. The Morgan fingerprint density at radius 2 is 1.57 bits per heavy atom. The number of carbonyl (C=O) groups excluding carboxylic acids is 2. The summed E-state index contributed by atoms with van der Waals surface area (Å²) in [5.41, 5.74) is 3.03. The second-order valence-electron chi connectivity index (χ2n) is 10.8. The van der Waals surface area contributed by atoms with Gasteiger partial charge in [0.1, 0.15) is 17.7 Å². The van der Waals surface area contributed by atoms with E-state index in [1.807, 2.05) is 24.3 Å². The average Bonchev–Trinajstić information content (AvgIpc) is 3.28. The highest BCUT2D eigenvalue weighted by Gasteiger charge is 2.52. The molecule has 2 heterocycles. The summed E-state index contributed by atoms with van der Waals surface area (Å²) in [7, 11) is 0. The molecule has 2 aliphatic heterocycles. The standard InChI is InChI=1S/C28H31N3O4/c1-27(2,3)35-25(32)30-28(17-29)14-18-12-13-19(15-28)31(18)26(33)34-16-24-22-10-6-4-8-20(22)21-9-5-7-11-23(21)24/h4-11,18-19,24H,12-16H2,1-3H3,(H,30,32). The highest BCUT2D eigenvalue weighted by atomic mass is 16.6. The molecule has 2 aromatic rings. The number of benzene rings is 2. The third kappa shape index (κ3) is 4.34. The summed E-state index contributed by atoms with van der Waals surface area (Å²) in [6.07, 6.45) is 1.35. The zero-order valence-corrected chi connectivity index (χ0v) is 20.4. The van der Waals surface area contributed by atoms with Crippen molar-refractivity contribution in [3.8, 4) is 17.2 Å². The van der Waals surface area contributed by atoms with Crippen molar-refractivity contribution in [3.05, 3.63) is 59.7 Å². The third-order valence-corrected chi connectivity index (χ3v) is 7.29. The smallest absolute Gasteiger partial charge is 0.410 e. The fourth-order valence-electron chi connectivity index (χ4n) is 5.94. The lowest BCUT2D eigenvalue weighted by Crippen LogP contribution is -2.60. The van der Waals surface area contributed by atoms with Gasteiger partial charge >= 0.3 is 12.2 Å². The minimum absolute atomic E-state index is 0.000767. The van der Waals surface area contributed by atoms with Crippen LogP contribution < -0.4 is 5.32 Å². The minimum atomic E-state index is -1.05. The van der Waals surface area contributed by atoms with Crippen LogP contribution in [-0.2, 0) is 9.47 Å². The predicted molar refractivity (Wildman–Crippen MR) is 131 cm³/mol. The van der Waals surface area contributed by atoms with Crippen molar-refractivity contribution >= 4 is 12.2 Å². The molecule has 2 saturated heterocycles. The quantitative estimate of drug-likeness (QED) is 0.649. The summed E-state index contributed by atoms with van der Waals surface area (Å²) in [6, 6.07) is 18.5. The molecule has 2 atom stereocenters. The first kappa shape index (κ1) is 23.2. The molecule has 0 aromatic heterocycles. The Bertz CT molecular complexity index is 1140. The number of nitrogens with one attached hydrogen (secondary N) is 1. The van der Waals surface area contributed by atoms with Gasteiger partial charge in [0.2, 0.25) is 0 Å². The van der Waals surface area contributed by atoms with Crippen molar-refractivity contribution in [2.24, 2.45) is 0 Å². The van der Waals surface area contributed by atoms with E-state index in [2.05, 4.69) is 35.7 Å². The van der Waals surface area contributed by atoms with Crippen LogP contribution in [0.5, 0.6) is 0 Å². The van der Waals surface area contributed by atoms with Crippen LogP contribution in [0.2, 0.25) is 0 Å².